The Morgan fingerprint density at radius 2 is 1.85 bits per heavy atom. The van der Waals surface area contributed by atoms with E-state index in [1.54, 1.807) is 0 Å². The summed E-state index contributed by atoms with van der Waals surface area (Å²) in [6.07, 6.45) is 7.81. The summed E-state index contributed by atoms with van der Waals surface area (Å²) in [5, 5.41) is 12.5. The summed E-state index contributed by atoms with van der Waals surface area (Å²) in [5.41, 5.74) is 2.35. The summed E-state index contributed by atoms with van der Waals surface area (Å²) >= 11 is 0. The summed E-state index contributed by atoms with van der Waals surface area (Å²) in [6, 6.07) is 11.3. The van der Waals surface area contributed by atoms with Gasteiger partial charge in [-0.05, 0) is 67.1 Å². The third-order valence-corrected chi connectivity index (χ3v) is 6.02. The van der Waals surface area contributed by atoms with Gasteiger partial charge in [-0.2, -0.15) is 5.26 Å². The number of hydrogen-bond donors (Lipinski definition) is 1. The van der Waals surface area contributed by atoms with E-state index in [4.69, 9.17) is 5.26 Å². The lowest BCUT2D eigenvalue weighted by Crippen LogP contribution is -2.33. The Morgan fingerprint density at radius 3 is 2.65 bits per heavy atom. The zero-order chi connectivity index (χ0) is 13.5. The molecule has 3 fully saturated rings. The highest BCUT2D eigenvalue weighted by Gasteiger charge is 2.53. The van der Waals surface area contributed by atoms with Gasteiger partial charge in [0, 0.05) is 11.7 Å². The van der Waals surface area contributed by atoms with Gasteiger partial charge in [0.1, 0.15) is 0 Å². The molecule has 4 rings (SSSR count). The molecule has 3 saturated carbocycles. The fraction of sp³-hybridized carbons (Fsp3) is 0.611. The number of nitriles is 1. The van der Waals surface area contributed by atoms with E-state index < -0.39 is 0 Å². The Balaban J connectivity index is 1.44. The van der Waals surface area contributed by atoms with E-state index in [0.717, 1.165) is 29.2 Å². The van der Waals surface area contributed by atoms with Crippen molar-refractivity contribution in [3.05, 3.63) is 29.8 Å². The molecule has 0 heterocycles. The van der Waals surface area contributed by atoms with Crippen LogP contribution in [0.2, 0.25) is 0 Å². The van der Waals surface area contributed by atoms with Gasteiger partial charge in [0.05, 0.1) is 12.5 Å². The molecule has 0 spiro atoms. The van der Waals surface area contributed by atoms with E-state index in [1.807, 2.05) is 0 Å². The third-order valence-electron chi connectivity index (χ3n) is 6.02. The molecule has 104 valence electrons. The van der Waals surface area contributed by atoms with Gasteiger partial charge in [0.25, 0.3) is 0 Å². The summed E-state index contributed by atoms with van der Waals surface area (Å²) in [6.45, 7) is 0. The van der Waals surface area contributed by atoms with Crippen LogP contribution in [0, 0.1) is 35.0 Å². The predicted molar refractivity (Wildman–Crippen MR) is 80.2 cm³/mol. The van der Waals surface area contributed by atoms with Crippen LogP contribution in [0.3, 0.4) is 0 Å². The van der Waals surface area contributed by atoms with Crippen LogP contribution in [-0.4, -0.2) is 6.04 Å². The molecular weight excluding hydrogens is 244 g/mol. The maximum absolute atomic E-state index is 8.71. The molecule has 1 N–H and O–H groups in total. The number of hydrogen-bond acceptors (Lipinski definition) is 2. The second-order valence-electron chi connectivity index (χ2n) is 6.94. The Bertz CT molecular complexity index is 527. The van der Waals surface area contributed by atoms with Gasteiger partial charge in [-0.1, -0.05) is 18.6 Å². The monoisotopic (exact) mass is 266 g/mol. The van der Waals surface area contributed by atoms with Crippen LogP contribution in [0.1, 0.15) is 37.7 Å². The van der Waals surface area contributed by atoms with E-state index in [9.17, 15) is 0 Å². The quantitative estimate of drug-likeness (QED) is 0.898. The third kappa shape index (κ3) is 1.92. The van der Waals surface area contributed by atoms with Crippen molar-refractivity contribution in [1.82, 2.24) is 0 Å². The molecule has 2 bridgehead atoms. The SMILES string of the molecule is N#CCc1ccc(NC2CC3CC2C2CCCC32)cc1. The minimum atomic E-state index is 0.512. The Labute approximate surface area is 121 Å². The number of nitrogens with one attached hydrogen (secondary N) is 1. The maximum atomic E-state index is 8.71. The lowest BCUT2D eigenvalue weighted by Gasteiger charge is -2.32. The highest BCUT2D eigenvalue weighted by Crippen LogP contribution is 2.59. The van der Waals surface area contributed by atoms with Crippen molar-refractivity contribution < 1.29 is 0 Å². The van der Waals surface area contributed by atoms with Crippen LogP contribution >= 0.6 is 0 Å². The molecule has 0 radical (unpaired) electrons. The average Bonchev–Trinajstić information content (AvgIpc) is 3.13. The highest BCUT2D eigenvalue weighted by atomic mass is 14.9. The lowest BCUT2D eigenvalue weighted by atomic mass is 9.79. The molecule has 2 nitrogen and oxygen atoms in total. The first-order valence-corrected chi connectivity index (χ1v) is 8.07. The fourth-order valence-electron chi connectivity index (χ4n) is 5.26. The summed E-state index contributed by atoms with van der Waals surface area (Å²) in [7, 11) is 0. The largest absolute Gasteiger partial charge is 0.382 e. The molecule has 1 aromatic rings. The van der Waals surface area contributed by atoms with Gasteiger partial charge in [0.2, 0.25) is 0 Å². The first kappa shape index (κ1) is 12.3. The van der Waals surface area contributed by atoms with Gasteiger partial charge >= 0.3 is 0 Å². The number of anilines is 1. The van der Waals surface area contributed by atoms with Gasteiger partial charge in [-0.3, -0.25) is 0 Å². The number of benzene rings is 1. The van der Waals surface area contributed by atoms with Crippen molar-refractivity contribution in [3.8, 4) is 6.07 Å². The van der Waals surface area contributed by atoms with Gasteiger partial charge in [-0.15, -0.1) is 0 Å². The molecule has 1 aromatic carbocycles. The zero-order valence-electron chi connectivity index (χ0n) is 11.9. The molecule has 5 atom stereocenters. The van der Waals surface area contributed by atoms with Gasteiger partial charge < -0.3 is 5.32 Å². The fourth-order valence-corrected chi connectivity index (χ4v) is 5.26. The molecular formula is C18H22N2. The standard InChI is InChI=1S/C18H22N2/c19-9-8-12-4-6-14(7-5-12)20-18-11-13-10-17(18)16-3-1-2-15(13)16/h4-7,13,15-18,20H,1-3,8,10-11H2. The minimum Gasteiger partial charge on any atom is -0.382 e. The Hall–Kier alpha value is -1.49. The number of nitrogens with zero attached hydrogens (tertiary/aromatic N) is 1. The van der Waals surface area contributed by atoms with Crippen LogP contribution in [-0.2, 0) is 6.42 Å². The van der Waals surface area contributed by atoms with E-state index in [-0.39, 0.29) is 0 Å². The summed E-state index contributed by atoms with van der Waals surface area (Å²) in [5.74, 6) is 4.01. The molecule has 5 unspecified atom stereocenters. The zero-order valence-corrected chi connectivity index (χ0v) is 11.9. The van der Waals surface area contributed by atoms with E-state index in [2.05, 4.69) is 35.7 Å². The second-order valence-corrected chi connectivity index (χ2v) is 6.94. The molecule has 0 saturated heterocycles. The van der Waals surface area contributed by atoms with Crippen molar-refractivity contribution in [2.45, 2.75) is 44.6 Å². The molecule has 0 amide bonds. The molecule has 20 heavy (non-hydrogen) atoms. The molecule has 0 aromatic heterocycles. The van der Waals surface area contributed by atoms with Crippen molar-refractivity contribution in [2.24, 2.45) is 23.7 Å². The molecule has 0 aliphatic heterocycles. The first-order chi connectivity index (χ1) is 9.85. The van der Waals surface area contributed by atoms with Crippen LogP contribution in [0.15, 0.2) is 24.3 Å². The predicted octanol–water partition coefficient (Wildman–Crippen LogP) is 3.99. The highest BCUT2D eigenvalue weighted by molar-refractivity contribution is 5.46. The first-order valence-electron chi connectivity index (χ1n) is 8.07. The van der Waals surface area contributed by atoms with Crippen LogP contribution in [0.25, 0.3) is 0 Å². The van der Waals surface area contributed by atoms with Crippen LogP contribution in [0.4, 0.5) is 5.69 Å². The van der Waals surface area contributed by atoms with E-state index >= 15 is 0 Å². The molecule has 3 aliphatic rings. The molecule has 3 aliphatic carbocycles. The van der Waals surface area contributed by atoms with Gasteiger partial charge in [0.15, 0.2) is 0 Å². The average molecular weight is 266 g/mol. The number of fused-ring (bicyclic) bond motifs is 5. The number of rotatable bonds is 3. The summed E-state index contributed by atoms with van der Waals surface area (Å²) < 4.78 is 0. The smallest absolute Gasteiger partial charge is 0.0669 e. The normalized spacial score (nSPS) is 37.6. The maximum Gasteiger partial charge on any atom is 0.0669 e. The van der Waals surface area contributed by atoms with Crippen molar-refractivity contribution in [2.75, 3.05) is 5.32 Å². The minimum absolute atomic E-state index is 0.512. The van der Waals surface area contributed by atoms with E-state index in [1.165, 1.54) is 37.8 Å². The van der Waals surface area contributed by atoms with Crippen LogP contribution in [0.5, 0.6) is 0 Å². The van der Waals surface area contributed by atoms with Crippen LogP contribution < -0.4 is 5.32 Å². The van der Waals surface area contributed by atoms with Crippen molar-refractivity contribution in [1.29, 1.82) is 5.26 Å². The second kappa shape index (κ2) is 4.81. The Kier molecular flexibility index (Phi) is 2.95. The van der Waals surface area contributed by atoms with E-state index in [0.29, 0.717) is 12.5 Å². The van der Waals surface area contributed by atoms with Gasteiger partial charge in [-0.25, -0.2) is 0 Å². The summed E-state index contributed by atoms with van der Waals surface area (Å²) in [4.78, 5) is 0. The lowest BCUT2D eigenvalue weighted by molar-refractivity contribution is 0.243. The topological polar surface area (TPSA) is 35.8 Å². The Morgan fingerprint density at radius 1 is 1.05 bits per heavy atom. The molecule has 2 heteroatoms. The van der Waals surface area contributed by atoms with Crippen molar-refractivity contribution >= 4 is 5.69 Å². The van der Waals surface area contributed by atoms with Crippen molar-refractivity contribution in [3.63, 3.8) is 0 Å².